The average Bonchev–Trinajstić information content (AvgIpc) is 3.22. The second-order valence-electron chi connectivity index (χ2n) is 6.75. The van der Waals surface area contributed by atoms with E-state index in [1.54, 1.807) is 11.3 Å². The summed E-state index contributed by atoms with van der Waals surface area (Å²) in [7, 11) is 0. The van der Waals surface area contributed by atoms with E-state index in [2.05, 4.69) is 46.9 Å². The molecular formula is C19H23N3OS. The summed E-state index contributed by atoms with van der Waals surface area (Å²) < 4.78 is 6.03. The third-order valence-electron chi connectivity index (χ3n) is 4.99. The molecule has 0 saturated carbocycles. The van der Waals surface area contributed by atoms with Crippen molar-refractivity contribution in [2.75, 3.05) is 18.5 Å². The van der Waals surface area contributed by atoms with Crippen LogP contribution in [0.1, 0.15) is 34.9 Å². The van der Waals surface area contributed by atoms with Crippen LogP contribution < -0.4 is 11.1 Å². The van der Waals surface area contributed by atoms with E-state index in [4.69, 9.17) is 10.5 Å². The molecule has 0 bridgehead atoms. The van der Waals surface area contributed by atoms with Gasteiger partial charge >= 0.3 is 0 Å². The third kappa shape index (κ3) is 2.94. The molecule has 3 N–H and O–H groups in total. The quantitative estimate of drug-likeness (QED) is 0.664. The highest BCUT2D eigenvalue weighted by Gasteiger charge is 2.33. The molecule has 1 unspecified atom stereocenters. The van der Waals surface area contributed by atoms with Crippen molar-refractivity contribution in [1.82, 2.24) is 0 Å². The summed E-state index contributed by atoms with van der Waals surface area (Å²) in [5.74, 6) is 0.445. The molecule has 1 aromatic heterocycles. The zero-order chi connectivity index (χ0) is 16.6. The van der Waals surface area contributed by atoms with E-state index < -0.39 is 0 Å². The van der Waals surface area contributed by atoms with Crippen LogP contribution in [0.4, 0.5) is 5.69 Å². The first-order valence-corrected chi connectivity index (χ1v) is 9.42. The van der Waals surface area contributed by atoms with Gasteiger partial charge in [-0.05, 0) is 66.5 Å². The molecule has 126 valence electrons. The summed E-state index contributed by atoms with van der Waals surface area (Å²) in [6, 6.07) is 8.63. The van der Waals surface area contributed by atoms with E-state index in [0.29, 0.717) is 12.5 Å². The molecule has 4 nitrogen and oxygen atoms in total. The van der Waals surface area contributed by atoms with Crippen LogP contribution in [0.15, 0.2) is 34.6 Å². The van der Waals surface area contributed by atoms with Crippen LogP contribution in [0.3, 0.4) is 0 Å². The number of fused-ring (bicyclic) bond motifs is 2. The molecular weight excluding hydrogens is 318 g/mol. The molecule has 0 fully saturated rings. The molecule has 0 saturated heterocycles. The normalized spacial score (nSPS) is 23.0. The largest absolute Gasteiger partial charge is 0.370 e. The first-order chi connectivity index (χ1) is 11.6. The van der Waals surface area contributed by atoms with Crippen LogP contribution in [-0.4, -0.2) is 19.1 Å². The predicted octanol–water partition coefficient (Wildman–Crippen LogP) is 3.45. The van der Waals surface area contributed by atoms with Crippen LogP contribution in [0.25, 0.3) is 0 Å². The average molecular weight is 341 g/mol. The Morgan fingerprint density at radius 2 is 2.17 bits per heavy atom. The van der Waals surface area contributed by atoms with E-state index in [1.165, 1.54) is 34.4 Å². The summed E-state index contributed by atoms with van der Waals surface area (Å²) in [5.41, 5.74) is 10.9. The van der Waals surface area contributed by atoms with E-state index in [-0.39, 0.29) is 5.60 Å². The Hall–Kier alpha value is -1.85. The Balaban J connectivity index is 1.46. The summed E-state index contributed by atoms with van der Waals surface area (Å²) in [6.45, 7) is 3.38. The Kier molecular flexibility index (Phi) is 4.06. The lowest BCUT2D eigenvalue weighted by molar-refractivity contribution is -0.0374. The SMILES string of the molecule is CC1(CN=C(N)Nc2ccc3c(c2)CCC3)OCCc2sccc21. The highest BCUT2D eigenvalue weighted by molar-refractivity contribution is 7.10. The molecule has 4 rings (SSSR count). The number of hydrogen-bond donors (Lipinski definition) is 2. The van der Waals surface area contributed by atoms with Crippen molar-refractivity contribution in [3.8, 4) is 0 Å². The minimum atomic E-state index is -0.377. The van der Waals surface area contributed by atoms with Gasteiger partial charge < -0.3 is 15.8 Å². The highest BCUT2D eigenvalue weighted by Crippen LogP contribution is 2.36. The number of aryl methyl sites for hydroxylation is 2. The Labute approximate surface area is 146 Å². The van der Waals surface area contributed by atoms with Crippen molar-refractivity contribution in [2.24, 2.45) is 10.7 Å². The number of guanidine groups is 1. The number of nitrogens with zero attached hydrogens (tertiary/aromatic N) is 1. The fourth-order valence-electron chi connectivity index (χ4n) is 3.66. The van der Waals surface area contributed by atoms with Crippen LogP contribution in [-0.2, 0) is 29.6 Å². The van der Waals surface area contributed by atoms with Crippen molar-refractivity contribution in [1.29, 1.82) is 0 Å². The number of rotatable bonds is 3. The van der Waals surface area contributed by atoms with E-state index in [1.807, 2.05) is 0 Å². The number of thiophene rings is 1. The van der Waals surface area contributed by atoms with Crippen molar-refractivity contribution >= 4 is 23.0 Å². The molecule has 5 heteroatoms. The minimum absolute atomic E-state index is 0.377. The second kappa shape index (κ2) is 6.22. The van der Waals surface area contributed by atoms with E-state index in [9.17, 15) is 0 Å². The molecule has 2 heterocycles. The molecule has 1 atom stereocenters. The smallest absolute Gasteiger partial charge is 0.193 e. The lowest BCUT2D eigenvalue weighted by Crippen LogP contribution is -2.36. The maximum Gasteiger partial charge on any atom is 0.193 e. The van der Waals surface area contributed by atoms with Gasteiger partial charge in [0.2, 0.25) is 0 Å². The van der Waals surface area contributed by atoms with Gasteiger partial charge in [0.15, 0.2) is 5.96 Å². The lowest BCUT2D eigenvalue weighted by atomic mass is 9.93. The van der Waals surface area contributed by atoms with Crippen molar-refractivity contribution in [3.05, 3.63) is 51.2 Å². The Bertz CT molecular complexity index is 783. The first-order valence-electron chi connectivity index (χ1n) is 8.54. The van der Waals surface area contributed by atoms with Gasteiger partial charge in [-0.2, -0.15) is 0 Å². The van der Waals surface area contributed by atoms with E-state index in [0.717, 1.165) is 25.1 Å². The fraction of sp³-hybridized carbons (Fsp3) is 0.421. The molecule has 1 aliphatic carbocycles. The highest BCUT2D eigenvalue weighted by atomic mass is 32.1. The van der Waals surface area contributed by atoms with Gasteiger partial charge in [-0.1, -0.05) is 6.07 Å². The zero-order valence-electron chi connectivity index (χ0n) is 14.0. The number of nitrogens with two attached hydrogens (primary N) is 1. The predicted molar refractivity (Wildman–Crippen MR) is 99.9 cm³/mol. The standard InChI is InChI=1S/C19H23N3OS/c1-19(16-8-10-24-17(16)7-9-23-19)12-21-18(20)22-15-6-5-13-3-2-4-14(13)11-15/h5-6,8,10-11H,2-4,7,9,12H2,1H3,(H3,20,21,22). The maximum atomic E-state index is 6.11. The topological polar surface area (TPSA) is 59.6 Å². The van der Waals surface area contributed by atoms with Gasteiger partial charge in [-0.15, -0.1) is 11.3 Å². The third-order valence-corrected chi connectivity index (χ3v) is 5.97. The molecule has 1 aliphatic heterocycles. The number of nitrogens with one attached hydrogen (secondary N) is 1. The summed E-state index contributed by atoms with van der Waals surface area (Å²) in [6.07, 6.45) is 4.60. The number of benzene rings is 1. The Morgan fingerprint density at radius 3 is 3.08 bits per heavy atom. The van der Waals surface area contributed by atoms with Gasteiger partial charge in [0.1, 0.15) is 5.60 Å². The minimum Gasteiger partial charge on any atom is -0.370 e. The van der Waals surface area contributed by atoms with Gasteiger partial charge in [0.25, 0.3) is 0 Å². The number of hydrogen-bond acceptors (Lipinski definition) is 3. The van der Waals surface area contributed by atoms with Gasteiger partial charge in [0.05, 0.1) is 13.2 Å². The summed E-state index contributed by atoms with van der Waals surface area (Å²) in [5, 5.41) is 5.35. The molecule has 0 amide bonds. The lowest BCUT2D eigenvalue weighted by Gasteiger charge is -2.33. The molecule has 2 aromatic rings. The number of anilines is 1. The van der Waals surface area contributed by atoms with E-state index >= 15 is 0 Å². The van der Waals surface area contributed by atoms with Crippen LogP contribution in [0.2, 0.25) is 0 Å². The summed E-state index contributed by atoms with van der Waals surface area (Å²) >= 11 is 1.80. The molecule has 1 aromatic carbocycles. The maximum absolute atomic E-state index is 6.11. The van der Waals surface area contributed by atoms with Gasteiger partial charge in [0, 0.05) is 17.0 Å². The molecule has 0 radical (unpaired) electrons. The van der Waals surface area contributed by atoms with Gasteiger partial charge in [-0.3, -0.25) is 0 Å². The molecule has 24 heavy (non-hydrogen) atoms. The van der Waals surface area contributed by atoms with Crippen molar-refractivity contribution in [3.63, 3.8) is 0 Å². The molecule has 0 spiro atoms. The first kappa shape index (κ1) is 15.7. The monoisotopic (exact) mass is 341 g/mol. The number of aliphatic imine (C=N–C) groups is 1. The second-order valence-corrected chi connectivity index (χ2v) is 7.75. The van der Waals surface area contributed by atoms with Crippen LogP contribution >= 0.6 is 11.3 Å². The fourth-order valence-corrected chi connectivity index (χ4v) is 4.64. The van der Waals surface area contributed by atoms with Gasteiger partial charge in [-0.25, -0.2) is 4.99 Å². The summed E-state index contributed by atoms with van der Waals surface area (Å²) in [4.78, 5) is 5.96. The zero-order valence-corrected chi connectivity index (χ0v) is 14.8. The van der Waals surface area contributed by atoms with Crippen LogP contribution in [0, 0.1) is 0 Å². The molecule has 2 aliphatic rings. The Morgan fingerprint density at radius 1 is 1.29 bits per heavy atom. The van der Waals surface area contributed by atoms with Crippen LogP contribution in [0.5, 0.6) is 0 Å². The van der Waals surface area contributed by atoms with Crippen molar-refractivity contribution in [2.45, 2.75) is 38.2 Å². The van der Waals surface area contributed by atoms with Crippen molar-refractivity contribution < 1.29 is 4.74 Å². The number of ether oxygens (including phenoxy) is 1.